The summed E-state index contributed by atoms with van der Waals surface area (Å²) in [4.78, 5) is 15.3. The minimum atomic E-state index is -3.65. The molecule has 2 fully saturated rings. The zero-order valence-electron chi connectivity index (χ0n) is 18.9. The molecule has 2 aliphatic rings. The average Bonchev–Trinajstić information content (AvgIpc) is 3.05. The van der Waals surface area contributed by atoms with Gasteiger partial charge in [0.15, 0.2) is 5.76 Å². The normalized spacial score (nSPS) is 26.8. The SMILES string of the molecule is Cc1noc(C)c1S(=O)(=O)N1CCC(C(=O)NC[C@]2(N(C)C)CCC[C@H](C)C2)CC1. The van der Waals surface area contributed by atoms with Crippen LogP contribution < -0.4 is 5.32 Å². The smallest absolute Gasteiger partial charge is 0.248 e. The molecule has 170 valence electrons. The number of aromatic nitrogens is 1. The predicted molar refractivity (Wildman–Crippen MR) is 115 cm³/mol. The second-order valence-corrected chi connectivity index (χ2v) is 11.2. The molecule has 1 aliphatic heterocycles. The fourth-order valence-electron chi connectivity index (χ4n) is 5.08. The Morgan fingerprint density at radius 1 is 1.27 bits per heavy atom. The van der Waals surface area contributed by atoms with E-state index in [4.69, 9.17) is 4.52 Å². The van der Waals surface area contributed by atoms with Crippen molar-refractivity contribution in [1.29, 1.82) is 0 Å². The lowest BCUT2D eigenvalue weighted by Crippen LogP contribution is -2.56. The second-order valence-electron chi connectivity index (χ2n) is 9.37. The van der Waals surface area contributed by atoms with Crippen molar-refractivity contribution in [3.05, 3.63) is 11.5 Å². The highest BCUT2D eigenvalue weighted by atomic mass is 32.2. The highest BCUT2D eigenvalue weighted by Gasteiger charge is 2.39. The maximum atomic E-state index is 13.0. The summed E-state index contributed by atoms with van der Waals surface area (Å²) in [6.07, 6.45) is 5.68. The van der Waals surface area contributed by atoms with Crippen LogP contribution in [0.3, 0.4) is 0 Å². The molecule has 30 heavy (non-hydrogen) atoms. The summed E-state index contributed by atoms with van der Waals surface area (Å²) >= 11 is 0. The number of aryl methyl sites for hydroxylation is 2. The van der Waals surface area contributed by atoms with Gasteiger partial charge in [0.1, 0.15) is 10.6 Å². The Morgan fingerprint density at radius 3 is 2.47 bits per heavy atom. The number of piperidine rings is 1. The van der Waals surface area contributed by atoms with E-state index >= 15 is 0 Å². The standard InChI is InChI=1S/C21H36N4O4S/c1-15-7-6-10-21(13-15,24(4)5)14-22-20(26)18-8-11-25(12-9-18)30(27,28)19-16(2)23-29-17(19)3/h15,18H,6-14H2,1-5H3,(H,22,26)/t15-,21-/m0/s1. The molecule has 9 heteroatoms. The number of carbonyl (C=O) groups is 1. The summed E-state index contributed by atoms with van der Waals surface area (Å²) in [5.41, 5.74) is 0.392. The van der Waals surface area contributed by atoms with Crippen LogP contribution in [0.25, 0.3) is 0 Å². The number of sulfonamides is 1. The molecule has 2 heterocycles. The van der Waals surface area contributed by atoms with Gasteiger partial charge < -0.3 is 14.7 Å². The largest absolute Gasteiger partial charge is 0.360 e. The van der Waals surface area contributed by atoms with Crippen LogP contribution in [0.4, 0.5) is 0 Å². The number of carbonyl (C=O) groups excluding carboxylic acids is 1. The Labute approximate surface area is 180 Å². The highest BCUT2D eigenvalue weighted by Crippen LogP contribution is 2.35. The number of likely N-dealkylation sites (N-methyl/N-ethyl adjacent to an activating group) is 1. The minimum Gasteiger partial charge on any atom is -0.360 e. The van der Waals surface area contributed by atoms with Crippen LogP contribution >= 0.6 is 0 Å². The van der Waals surface area contributed by atoms with Crippen LogP contribution in [0.5, 0.6) is 0 Å². The van der Waals surface area contributed by atoms with Gasteiger partial charge in [0.2, 0.25) is 15.9 Å². The lowest BCUT2D eigenvalue weighted by Gasteiger charge is -2.45. The molecule has 0 spiro atoms. The van der Waals surface area contributed by atoms with Gasteiger partial charge in [-0.1, -0.05) is 24.9 Å². The molecule has 1 aromatic rings. The van der Waals surface area contributed by atoms with Gasteiger partial charge >= 0.3 is 0 Å². The Kier molecular flexibility index (Phi) is 6.94. The maximum Gasteiger partial charge on any atom is 0.248 e. The van der Waals surface area contributed by atoms with Crippen molar-refractivity contribution in [2.24, 2.45) is 11.8 Å². The summed E-state index contributed by atoms with van der Waals surface area (Å²) < 4.78 is 32.4. The fraction of sp³-hybridized carbons (Fsp3) is 0.810. The van der Waals surface area contributed by atoms with Crippen molar-refractivity contribution in [3.8, 4) is 0 Å². The zero-order chi connectivity index (χ0) is 22.1. The van der Waals surface area contributed by atoms with Gasteiger partial charge in [0.25, 0.3) is 0 Å². The Morgan fingerprint density at radius 2 is 1.93 bits per heavy atom. The van der Waals surface area contributed by atoms with Crippen molar-refractivity contribution in [2.75, 3.05) is 33.7 Å². The summed E-state index contributed by atoms with van der Waals surface area (Å²) in [5, 5.41) is 6.96. The van der Waals surface area contributed by atoms with Gasteiger partial charge in [-0.25, -0.2) is 8.42 Å². The molecule has 1 amide bonds. The average molecular weight is 441 g/mol. The van der Waals surface area contributed by atoms with E-state index in [1.54, 1.807) is 13.8 Å². The number of nitrogens with zero attached hydrogens (tertiary/aromatic N) is 3. The van der Waals surface area contributed by atoms with Crippen LogP contribution in [0.15, 0.2) is 9.42 Å². The van der Waals surface area contributed by atoms with Gasteiger partial charge in [-0.15, -0.1) is 0 Å². The molecule has 0 radical (unpaired) electrons. The summed E-state index contributed by atoms with van der Waals surface area (Å²) in [6.45, 7) is 6.85. The summed E-state index contributed by atoms with van der Waals surface area (Å²) in [5.74, 6) is 0.865. The van der Waals surface area contributed by atoms with Gasteiger partial charge in [-0.3, -0.25) is 4.79 Å². The van der Waals surface area contributed by atoms with Crippen molar-refractivity contribution < 1.29 is 17.7 Å². The van der Waals surface area contributed by atoms with E-state index in [0.29, 0.717) is 49.8 Å². The van der Waals surface area contributed by atoms with Crippen LogP contribution in [-0.2, 0) is 14.8 Å². The van der Waals surface area contributed by atoms with Crippen LogP contribution in [0, 0.1) is 25.7 Å². The van der Waals surface area contributed by atoms with Gasteiger partial charge in [-0.2, -0.15) is 4.31 Å². The monoisotopic (exact) mass is 440 g/mol. The lowest BCUT2D eigenvalue weighted by molar-refractivity contribution is -0.127. The van der Waals surface area contributed by atoms with E-state index in [2.05, 4.69) is 36.4 Å². The number of hydrogen-bond acceptors (Lipinski definition) is 6. The number of nitrogens with one attached hydrogen (secondary N) is 1. The van der Waals surface area contributed by atoms with Crippen LogP contribution in [0.2, 0.25) is 0 Å². The number of amides is 1. The van der Waals surface area contributed by atoms with Gasteiger partial charge in [-0.05, 0) is 59.5 Å². The van der Waals surface area contributed by atoms with E-state index in [0.717, 1.165) is 12.8 Å². The van der Waals surface area contributed by atoms with E-state index < -0.39 is 10.0 Å². The molecule has 1 N–H and O–H groups in total. The van der Waals surface area contributed by atoms with Crippen molar-refractivity contribution in [3.63, 3.8) is 0 Å². The molecule has 8 nitrogen and oxygen atoms in total. The van der Waals surface area contributed by atoms with Crippen molar-refractivity contribution >= 4 is 15.9 Å². The van der Waals surface area contributed by atoms with E-state index in [9.17, 15) is 13.2 Å². The molecule has 0 unspecified atom stereocenters. The van der Waals surface area contributed by atoms with E-state index in [1.807, 2.05) is 0 Å². The molecular weight excluding hydrogens is 404 g/mol. The summed E-state index contributed by atoms with van der Waals surface area (Å²) in [6, 6.07) is 0. The molecule has 2 atom stereocenters. The molecule has 1 aromatic heterocycles. The molecule has 1 saturated heterocycles. The minimum absolute atomic E-state index is 0.0146. The molecule has 1 saturated carbocycles. The zero-order valence-corrected chi connectivity index (χ0v) is 19.7. The van der Waals surface area contributed by atoms with Crippen molar-refractivity contribution in [1.82, 2.24) is 19.7 Å². The Balaban J connectivity index is 1.58. The quantitative estimate of drug-likeness (QED) is 0.729. The topological polar surface area (TPSA) is 95.8 Å². The highest BCUT2D eigenvalue weighted by molar-refractivity contribution is 7.89. The Hall–Kier alpha value is -1.45. The first-order chi connectivity index (χ1) is 14.1. The fourth-order valence-corrected chi connectivity index (χ4v) is 6.84. The predicted octanol–water partition coefficient (Wildman–Crippen LogP) is 2.32. The van der Waals surface area contributed by atoms with Gasteiger partial charge in [0.05, 0.1) is 0 Å². The first kappa shape index (κ1) is 23.2. The number of hydrogen-bond donors (Lipinski definition) is 1. The molecular formula is C21H36N4O4S. The van der Waals surface area contributed by atoms with Crippen molar-refractivity contribution in [2.45, 2.75) is 69.7 Å². The first-order valence-corrected chi connectivity index (χ1v) is 12.4. The van der Waals surface area contributed by atoms with Gasteiger partial charge in [0, 0.05) is 31.1 Å². The lowest BCUT2D eigenvalue weighted by atomic mass is 9.75. The third-order valence-electron chi connectivity index (χ3n) is 7.00. The Bertz CT molecular complexity index is 839. The third kappa shape index (κ3) is 4.57. The number of rotatable bonds is 6. The molecule has 0 bridgehead atoms. The van der Waals surface area contributed by atoms with Crippen LogP contribution in [-0.4, -0.2) is 68.0 Å². The second kappa shape index (κ2) is 8.96. The molecule has 3 rings (SSSR count). The van der Waals surface area contributed by atoms with E-state index in [-0.39, 0.29) is 22.3 Å². The van der Waals surface area contributed by atoms with E-state index in [1.165, 1.54) is 17.1 Å². The third-order valence-corrected chi connectivity index (χ3v) is 9.14. The molecule has 1 aliphatic carbocycles. The maximum absolute atomic E-state index is 13.0. The first-order valence-electron chi connectivity index (χ1n) is 10.9. The summed E-state index contributed by atoms with van der Waals surface area (Å²) in [7, 11) is 0.552. The van der Waals surface area contributed by atoms with Crippen LogP contribution in [0.1, 0.15) is 56.9 Å². The molecule has 0 aromatic carbocycles.